The van der Waals surface area contributed by atoms with E-state index in [1.165, 1.54) is 12.8 Å². The van der Waals surface area contributed by atoms with Crippen molar-refractivity contribution in [3.8, 4) is 0 Å². The predicted molar refractivity (Wildman–Crippen MR) is 51.1 cm³/mol. The van der Waals surface area contributed by atoms with E-state index < -0.39 is 6.04 Å². The number of carbonyl (C=O) groups excluding carboxylic acids is 1. The predicted octanol–water partition coefficient (Wildman–Crippen LogP) is 1.31. The Morgan fingerprint density at radius 3 is 2.69 bits per heavy atom. The quantitative estimate of drug-likeness (QED) is 0.657. The maximum atomic E-state index is 11.3. The van der Waals surface area contributed by atoms with Crippen LogP contribution >= 0.6 is 0 Å². The number of carbonyl (C=O) groups is 1. The van der Waals surface area contributed by atoms with Gasteiger partial charge in [-0.25, -0.2) is 0 Å². The third-order valence-electron chi connectivity index (χ3n) is 2.69. The van der Waals surface area contributed by atoms with Crippen LogP contribution in [0.2, 0.25) is 0 Å². The second-order valence-corrected chi connectivity index (χ2v) is 3.98. The van der Waals surface area contributed by atoms with E-state index in [0.717, 1.165) is 6.42 Å². The van der Waals surface area contributed by atoms with Gasteiger partial charge in [0.2, 0.25) is 0 Å². The highest BCUT2D eigenvalue weighted by atomic mass is 16.5. The van der Waals surface area contributed by atoms with Crippen LogP contribution in [-0.2, 0) is 9.53 Å². The summed E-state index contributed by atoms with van der Waals surface area (Å²) in [7, 11) is 0. The minimum absolute atomic E-state index is 0.215. The van der Waals surface area contributed by atoms with Gasteiger partial charge in [0, 0.05) is 0 Å². The van der Waals surface area contributed by atoms with Gasteiger partial charge in [0.15, 0.2) is 0 Å². The Kier molecular flexibility index (Phi) is 3.72. The molecule has 0 aliphatic heterocycles. The summed E-state index contributed by atoms with van der Waals surface area (Å²) in [5.74, 6) is 0.598. The fourth-order valence-electron chi connectivity index (χ4n) is 1.07. The minimum Gasteiger partial charge on any atom is -0.464 e. The van der Waals surface area contributed by atoms with Crippen LogP contribution in [0.4, 0.5) is 0 Å². The van der Waals surface area contributed by atoms with Gasteiger partial charge in [-0.3, -0.25) is 4.79 Å². The lowest BCUT2D eigenvalue weighted by Gasteiger charge is -2.16. The molecule has 1 saturated carbocycles. The van der Waals surface area contributed by atoms with E-state index in [1.807, 2.05) is 13.8 Å². The first-order valence-corrected chi connectivity index (χ1v) is 5.07. The van der Waals surface area contributed by atoms with Crippen molar-refractivity contribution in [2.75, 3.05) is 6.61 Å². The molecule has 0 radical (unpaired) electrons. The van der Waals surface area contributed by atoms with Crippen LogP contribution in [0.5, 0.6) is 0 Å². The van der Waals surface area contributed by atoms with Gasteiger partial charge in [-0.2, -0.15) is 0 Å². The molecular formula is C10H19NO2. The summed E-state index contributed by atoms with van der Waals surface area (Å²) < 4.78 is 5.09. The molecule has 1 aliphatic rings. The first kappa shape index (κ1) is 10.5. The Labute approximate surface area is 79.6 Å². The molecule has 0 aromatic carbocycles. The molecule has 3 nitrogen and oxygen atoms in total. The van der Waals surface area contributed by atoms with E-state index in [9.17, 15) is 4.79 Å². The molecule has 1 rings (SSSR count). The number of esters is 1. The van der Waals surface area contributed by atoms with Gasteiger partial charge in [-0.15, -0.1) is 0 Å². The molecule has 0 heterocycles. The Hall–Kier alpha value is -0.570. The number of hydrogen-bond acceptors (Lipinski definition) is 3. The van der Waals surface area contributed by atoms with Gasteiger partial charge in [0.25, 0.3) is 0 Å². The fraction of sp³-hybridized carbons (Fsp3) is 0.900. The highest BCUT2D eigenvalue weighted by Gasteiger charge is 2.26. The van der Waals surface area contributed by atoms with Crippen molar-refractivity contribution in [2.24, 2.45) is 17.6 Å². The number of hydrogen-bond donors (Lipinski definition) is 1. The van der Waals surface area contributed by atoms with Crippen molar-refractivity contribution >= 4 is 5.97 Å². The van der Waals surface area contributed by atoms with Crippen molar-refractivity contribution in [1.29, 1.82) is 0 Å². The Bertz CT molecular complexity index is 178. The third-order valence-corrected chi connectivity index (χ3v) is 2.69. The summed E-state index contributed by atoms with van der Waals surface area (Å²) in [6.45, 7) is 4.57. The summed E-state index contributed by atoms with van der Waals surface area (Å²) in [6, 6.07) is -0.441. The van der Waals surface area contributed by atoms with E-state index in [4.69, 9.17) is 10.5 Å². The van der Waals surface area contributed by atoms with Gasteiger partial charge in [0.05, 0.1) is 6.61 Å². The molecule has 0 spiro atoms. The first-order chi connectivity index (χ1) is 6.15. The van der Waals surface area contributed by atoms with Gasteiger partial charge < -0.3 is 10.5 Å². The maximum absolute atomic E-state index is 11.3. The van der Waals surface area contributed by atoms with E-state index in [0.29, 0.717) is 12.5 Å². The zero-order chi connectivity index (χ0) is 9.84. The van der Waals surface area contributed by atoms with E-state index in [1.54, 1.807) is 0 Å². The summed E-state index contributed by atoms with van der Waals surface area (Å²) >= 11 is 0. The Balaban J connectivity index is 2.19. The van der Waals surface area contributed by atoms with Crippen molar-refractivity contribution in [1.82, 2.24) is 0 Å². The van der Waals surface area contributed by atoms with Gasteiger partial charge >= 0.3 is 5.97 Å². The van der Waals surface area contributed by atoms with Crippen LogP contribution in [0.25, 0.3) is 0 Å². The smallest absolute Gasteiger partial charge is 0.323 e. The molecule has 0 bridgehead atoms. The maximum Gasteiger partial charge on any atom is 0.323 e. The summed E-state index contributed by atoms with van der Waals surface area (Å²) in [5, 5.41) is 0. The summed E-state index contributed by atoms with van der Waals surface area (Å²) in [6.07, 6.45) is 3.32. The molecule has 3 heteroatoms. The van der Waals surface area contributed by atoms with Gasteiger partial charge in [0.1, 0.15) is 6.04 Å². The van der Waals surface area contributed by atoms with Crippen LogP contribution < -0.4 is 5.73 Å². The molecule has 0 unspecified atom stereocenters. The third kappa shape index (κ3) is 3.35. The molecule has 1 aliphatic carbocycles. The van der Waals surface area contributed by atoms with Gasteiger partial charge in [-0.05, 0) is 24.7 Å². The Morgan fingerprint density at radius 2 is 2.23 bits per heavy atom. The molecule has 0 aromatic heterocycles. The molecule has 2 N–H and O–H groups in total. The topological polar surface area (TPSA) is 52.3 Å². The van der Waals surface area contributed by atoms with Crippen LogP contribution in [-0.4, -0.2) is 18.6 Å². The highest BCUT2D eigenvalue weighted by molar-refractivity contribution is 5.75. The lowest BCUT2D eigenvalue weighted by molar-refractivity contribution is -0.147. The standard InChI is InChI=1S/C10H19NO2/c1-3-7(2)9(11)10(12)13-6-8-4-5-8/h7-9H,3-6,11H2,1-2H3/t7-,9-/m0/s1. The molecule has 76 valence electrons. The number of rotatable bonds is 5. The molecule has 13 heavy (non-hydrogen) atoms. The lowest BCUT2D eigenvalue weighted by atomic mass is 10.0. The van der Waals surface area contributed by atoms with E-state index in [-0.39, 0.29) is 11.9 Å². The zero-order valence-corrected chi connectivity index (χ0v) is 8.45. The average Bonchev–Trinajstić information content (AvgIpc) is 2.95. The molecule has 0 amide bonds. The summed E-state index contributed by atoms with van der Waals surface area (Å²) in [4.78, 5) is 11.3. The van der Waals surface area contributed by atoms with Crippen LogP contribution in [0.3, 0.4) is 0 Å². The van der Waals surface area contributed by atoms with Gasteiger partial charge in [-0.1, -0.05) is 20.3 Å². The normalized spacial score (nSPS) is 20.8. The first-order valence-electron chi connectivity index (χ1n) is 5.07. The van der Waals surface area contributed by atoms with Crippen LogP contribution in [0.1, 0.15) is 33.1 Å². The average molecular weight is 185 g/mol. The monoisotopic (exact) mass is 185 g/mol. The van der Waals surface area contributed by atoms with Crippen LogP contribution in [0.15, 0.2) is 0 Å². The Morgan fingerprint density at radius 1 is 1.62 bits per heavy atom. The molecular weight excluding hydrogens is 166 g/mol. The van der Waals surface area contributed by atoms with Crippen molar-refractivity contribution in [2.45, 2.75) is 39.2 Å². The number of ether oxygens (including phenoxy) is 1. The molecule has 2 atom stereocenters. The second kappa shape index (κ2) is 4.61. The van der Waals surface area contributed by atoms with E-state index in [2.05, 4.69) is 0 Å². The minimum atomic E-state index is -0.441. The highest BCUT2D eigenvalue weighted by Crippen LogP contribution is 2.28. The van der Waals surface area contributed by atoms with Crippen molar-refractivity contribution < 1.29 is 9.53 Å². The molecule has 1 fully saturated rings. The zero-order valence-electron chi connectivity index (χ0n) is 8.45. The SMILES string of the molecule is CC[C@H](C)[C@H](N)C(=O)OCC1CC1. The van der Waals surface area contributed by atoms with Crippen molar-refractivity contribution in [3.63, 3.8) is 0 Å². The van der Waals surface area contributed by atoms with Crippen molar-refractivity contribution in [3.05, 3.63) is 0 Å². The molecule has 0 aromatic rings. The largest absolute Gasteiger partial charge is 0.464 e. The lowest BCUT2D eigenvalue weighted by Crippen LogP contribution is -2.38. The number of nitrogens with two attached hydrogens (primary N) is 1. The second-order valence-electron chi connectivity index (χ2n) is 3.98. The fourth-order valence-corrected chi connectivity index (χ4v) is 1.07. The summed E-state index contributed by atoms with van der Waals surface area (Å²) in [5.41, 5.74) is 5.70. The molecule has 0 saturated heterocycles. The van der Waals surface area contributed by atoms with E-state index >= 15 is 0 Å². The van der Waals surface area contributed by atoms with Crippen LogP contribution in [0, 0.1) is 11.8 Å².